The van der Waals surface area contributed by atoms with Crippen LogP contribution in [0.25, 0.3) is 0 Å². The Morgan fingerprint density at radius 1 is 1.55 bits per heavy atom. The zero-order valence-electron chi connectivity index (χ0n) is 12.0. The summed E-state index contributed by atoms with van der Waals surface area (Å²) < 4.78 is 6.27. The Morgan fingerprint density at radius 2 is 2.25 bits per heavy atom. The van der Waals surface area contributed by atoms with Crippen LogP contribution in [0, 0.1) is 0 Å². The van der Waals surface area contributed by atoms with Crippen LogP contribution in [-0.2, 0) is 16.6 Å². The molecule has 0 atom stereocenters. The van der Waals surface area contributed by atoms with E-state index in [4.69, 9.17) is 10.5 Å². The summed E-state index contributed by atoms with van der Waals surface area (Å²) in [6, 6.07) is 0. The van der Waals surface area contributed by atoms with Gasteiger partial charge in [-0.05, 0) is 6.42 Å². The Kier molecular flexibility index (Phi) is 5.98. The van der Waals surface area contributed by atoms with E-state index in [0.29, 0.717) is 18.8 Å². The molecule has 0 aliphatic carbocycles. The first-order chi connectivity index (χ1) is 9.47. The van der Waals surface area contributed by atoms with E-state index in [0.717, 1.165) is 6.42 Å². The quantitative estimate of drug-likeness (QED) is 0.640. The van der Waals surface area contributed by atoms with Crippen LogP contribution in [-0.4, -0.2) is 60.3 Å². The third kappa shape index (κ3) is 4.23. The number of aryl methyl sites for hydroxylation is 1. The van der Waals surface area contributed by atoms with Gasteiger partial charge in [0.1, 0.15) is 5.69 Å². The molecule has 1 aromatic heterocycles. The number of carbonyl (C=O) groups excluding carboxylic acids is 2. The van der Waals surface area contributed by atoms with Crippen molar-refractivity contribution in [2.75, 3.05) is 39.6 Å². The van der Waals surface area contributed by atoms with E-state index in [-0.39, 0.29) is 24.1 Å². The number of hydrogen-bond donors (Lipinski definition) is 2. The van der Waals surface area contributed by atoms with Crippen molar-refractivity contribution >= 4 is 17.5 Å². The molecule has 1 aromatic rings. The molecule has 0 saturated heterocycles. The molecule has 0 aromatic carbocycles. The molecule has 0 spiro atoms. The van der Waals surface area contributed by atoms with E-state index in [1.165, 1.54) is 15.8 Å². The standard InChI is InChI=1S/C12H21N5O3/c1-16(8-10(18)14-5-4-6-20-3)12(19)11-9(13)7-15-17(11)2/h7H,4-6,8,13H2,1-3H3,(H,14,18). The molecule has 0 saturated carbocycles. The fourth-order valence-electron chi connectivity index (χ4n) is 1.68. The lowest BCUT2D eigenvalue weighted by Gasteiger charge is -2.17. The van der Waals surface area contributed by atoms with E-state index >= 15 is 0 Å². The summed E-state index contributed by atoms with van der Waals surface area (Å²) >= 11 is 0. The number of rotatable bonds is 7. The summed E-state index contributed by atoms with van der Waals surface area (Å²) in [7, 11) is 4.78. The smallest absolute Gasteiger partial charge is 0.274 e. The Labute approximate surface area is 117 Å². The number of nitrogen functional groups attached to an aromatic ring is 1. The van der Waals surface area contributed by atoms with Crippen molar-refractivity contribution in [3.8, 4) is 0 Å². The molecule has 0 radical (unpaired) electrons. The lowest BCUT2D eigenvalue weighted by molar-refractivity contribution is -0.121. The van der Waals surface area contributed by atoms with Crippen molar-refractivity contribution in [2.24, 2.45) is 7.05 Å². The summed E-state index contributed by atoms with van der Waals surface area (Å²) in [5, 5.41) is 6.61. The van der Waals surface area contributed by atoms with Gasteiger partial charge < -0.3 is 20.7 Å². The summed E-state index contributed by atoms with van der Waals surface area (Å²) in [5.41, 5.74) is 6.25. The predicted molar refractivity (Wildman–Crippen MR) is 74.1 cm³/mol. The first kappa shape index (κ1) is 16.0. The van der Waals surface area contributed by atoms with E-state index in [1.54, 1.807) is 21.2 Å². The van der Waals surface area contributed by atoms with E-state index in [1.807, 2.05) is 0 Å². The van der Waals surface area contributed by atoms with Crippen molar-refractivity contribution in [3.05, 3.63) is 11.9 Å². The number of amides is 2. The molecule has 8 nitrogen and oxygen atoms in total. The van der Waals surface area contributed by atoms with Crippen molar-refractivity contribution < 1.29 is 14.3 Å². The molecule has 1 rings (SSSR count). The minimum absolute atomic E-state index is 0.0313. The first-order valence-electron chi connectivity index (χ1n) is 6.26. The number of ether oxygens (including phenoxy) is 1. The normalized spacial score (nSPS) is 10.3. The van der Waals surface area contributed by atoms with Crippen LogP contribution in [0.5, 0.6) is 0 Å². The maximum atomic E-state index is 12.1. The summed E-state index contributed by atoms with van der Waals surface area (Å²) in [6.07, 6.45) is 2.14. The zero-order valence-corrected chi connectivity index (χ0v) is 12.0. The molecule has 2 amide bonds. The van der Waals surface area contributed by atoms with Crippen LogP contribution in [0.3, 0.4) is 0 Å². The highest BCUT2D eigenvalue weighted by atomic mass is 16.5. The maximum absolute atomic E-state index is 12.1. The third-order valence-electron chi connectivity index (χ3n) is 2.74. The van der Waals surface area contributed by atoms with Crippen LogP contribution < -0.4 is 11.1 Å². The molecule has 112 valence electrons. The van der Waals surface area contributed by atoms with Gasteiger partial charge in [-0.15, -0.1) is 0 Å². The van der Waals surface area contributed by atoms with Crippen LogP contribution in [0.4, 0.5) is 5.69 Å². The molecule has 0 unspecified atom stereocenters. The van der Waals surface area contributed by atoms with Crippen molar-refractivity contribution in [1.82, 2.24) is 20.0 Å². The number of anilines is 1. The van der Waals surface area contributed by atoms with E-state index in [9.17, 15) is 9.59 Å². The van der Waals surface area contributed by atoms with Crippen molar-refractivity contribution in [3.63, 3.8) is 0 Å². The third-order valence-corrected chi connectivity index (χ3v) is 2.74. The van der Waals surface area contributed by atoms with E-state index in [2.05, 4.69) is 10.4 Å². The number of likely N-dealkylation sites (N-methyl/N-ethyl adjacent to an activating group) is 1. The Bertz CT molecular complexity index is 452. The molecule has 0 aliphatic heterocycles. The van der Waals surface area contributed by atoms with Crippen LogP contribution in [0.1, 0.15) is 16.9 Å². The predicted octanol–water partition coefficient (Wildman–Crippen LogP) is -0.773. The van der Waals surface area contributed by atoms with Gasteiger partial charge >= 0.3 is 0 Å². The molecular weight excluding hydrogens is 262 g/mol. The van der Waals surface area contributed by atoms with Crippen molar-refractivity contribution in [1.29, 1.82) is 0 Å². The molecule has 0 fully saturated rings. The summed E-state index contributed by atoms with van der Waals surface area (Å²) in [5.74, 6) is -0.563. The zero-order chi connectivity index (χ0) is 15.1. The fourth-order valence-corrected chi connectivity index (χ4v) is 1.68. The lowest BCUT2D eigenvalue weighted by atomic mass is 10.3. The second-order valence-electron chi connectivity index (χ2n) is 4.43. The number of nitrogens with one attached hydrogen (secondary N) is 1. The SMILES string of the molecule is COCCCNC(=O)CN(C)C(=O)c1c(N)cnn1C. The number of hydrogen-bond acceptors (Lipinski definition) is 5. The van der Waals surface area contributed by atoms with Crippen molar-refractivity contribution in [2.45, 2.75) is 6.42 Å². The van der Waals surface area contributed by atoms with Gasteiger partial charge in [0.2, 0.25) is 5.91 Å². The number of nitrogens with zero attached hydrogens (tertiary/aromatic N) is 3. The maximum Gasteiger partial charge on any atom is 0.274 e. The summed E-state index contributed by atoms with van der Waals surface area (Å²) in [6.45, 7) is 1.07. The topological polar surface area (TPSA) is 102 Å². The number of methoxy groups -OCH3 is 1. The Hall–Kier alpha value is -2.09. The average Bonchev–Trinajstić information content (AvgIpc) is 2.73. The minimum Gasteiger partial charge on any atom is -0.396 e. The minimum atomic E-state index is -0.338. The monoisotopic (exact) mass is 283 g/mol. The van der Waals surface area contributed by atoms with Crippen LogP contribution >= 0.6 is 0 Å². The molecule has 8 heteroatoms. The number of aromatic nitrogens is 2. The van der Waals surface area contributed by atoms with Gasteiger partial charge in [0.15, 0.2) is 0 Å². The molecule has 0 aliphatic rings. The highest BCUT2D eigenvalue weighted by molar-refractivity contribution is 5.98. The molecule has 3 N–H and O–H groups in total. The second-order valence-corrected chi connectivity index (χ2v) is 4.43. The molecular formula is C12H21N5O3. The van der Waals surface area contributed by atoms with Gasteiger partial charge in [-0.3, -0.25) is 14.3 Å². The largest absolute Gasteiger partial charge is 0.396 e. The van der Waals surface area contributed by atoms with Crippen LogP contribution in [0.15, 0.2) is 6.20 Å². The van der Waals surface area contributed by atoms with Gasteiger partial charge in [0, 0.05) is 34.4 Å². The Morgan fingerprint density at radius 3 is 2.80 bits per heavy atom. The first-order valence-corrected chi connectivity index (χ1v) is 6.26. The van der Waals surface area contributed by atoms with Crippen LogP contribution in [0.2, 0.25) is 0 Å². The molecule has 0 bridgehead atoms. The lowest BCUT2D eigenvalue weighted by Crippen LogP contribution is -2.39. The highest BCUT2D eigenvalue weighted by Crippen LogP contribution is 2.11. The van der Waals surface area contributed by atoms with Gasteiger partial charge in [0.05, 0.1) is 18.4 Å². The van der Waals surface area contributed by atoms with Gasteiger partial charge in [-0.2, -0.15) is 5.10 Å². The van der Waals surface area contributed by atoms with Gasteiger partial charge in [-0.1, -0.05) is 0 Å². The highest BCUT2D eigenvalue weighted by Gasteiger charge is 2.20. The summed E-state index contributed by atoms with van der Waals surface area (Å²) in [4.78, 5) is 25.1. The molecule has 20 heavy (non-hydrogen) atoms. The fraction of sp³-hybridized carbons (Fsp3) is 0.583. The van der Waals surface area contributed by atoms with Gasteiger partial charge in [-0.25, -0.2) is 0 Å². The Balaban J connectivity index is 2.48. The van der Waals surface area contributed by atoms with Gasteiger partial charge in [0.25, 0.3) is 5.91 Å². The second kappa shape index (κ2) is 7.49. The molecule has 1 heterocycles. The number of carbonyl (C=O) groups is 2. The number of nitrogens with two attached hydrogens (primary N) is 1. The van der Waals surface area contributed by atoms with E-state index < -0.39 is 0 Å². The average molecular weight is 283 g/mol.